The summed E-state index contributed by atoms with van der Waals surface area (Å²) in [6.07, 6.45) is 2.08. The van der Waals surface area contributed by atoms with Crippen molar-refractivity contribution in [2.24, 2.45) is 0 Å². The lowest BCUT2D eigenvalue weighted by molar-refractivity contribution is -0.129. The van der Waals surface area contributed by atoms with E-state index >= 15 is 0 Å². The number of amides is 1. The summed E-state index contributed by atoms with van der Waals surface area (Å²) >= 11 is 0. The van der Waals surface area contributed by atoms with Crippen molar-refractivity contribution in [3.8, 4) is 11.5 Å². The topological polar surface area (TPSA) is 45.2 Å². The Bertz CT molecular complexity index is 1020. The van der Waals surface area contributed by atoms with Gasteiger partial charge >= 0.3 is 0 Å². The molecule has 0 bridgehead atoms. The van der Waals surface area contributed by atoms with Crippen LogP contribution >= 0.6 is 0 Å². The predicted octanol–water partition coefficient (Wildman–Crippen LogP) is 3.27. The summed E-state index contributed by atoms with van der Waals surface area (Å²) in [5, 5.41) is 0. The maximum absolute atomic E-state index is 11.7. The first-order chi connectivity index (χ1) is 16.5. The van der Waals surface area contributed by atoms with Crippen LogP contribution in [-0.4, -0.2) is 88.8 Å². The molecule has 182 valence electrons. The lowest BCUT2D eigenvalue weighted by Gasteiger charge is -2.44. The zero-order valence-corrected chi connectivity index (χ0v) is 20.8. The highest BCUT2D eigenvalue weighted by Gasteiger charge is 2.41. The Morgan fingerprint density at radius 2 is 1.71 bits per heavy atom. The molecule has 2 saturated heterocycles. The minimum absolute atomic E-state index is 0.167. The highest BCUT2D eigenvalue weighted by molar-refractivity contribution is 5.74. The molecule has 0 N–H and O–H groups in total. The molecule has 2 aromatic carbocycles. The number of hydrogen-bond acceptors (Lipinski definition) is 5. The fraction of sp³-hybridized carbons (Fsp3) is 0.519. The van der Waals surface area contributed by atoms with Crippen LogP contribution in [0, 0.1) is 0 Å². The zero-order valence-electron chi connectivity index (χ0n) is 20.8. The second-order valence-corrected chi connectivity index (χ2v) is 9.81. The largest absolute Gasteiger partial charge is 0.497 e. The predicted molar refractivity (Wildman–Crippen MR) is 136 cm³/mol. The van der Waals surface area contributed by atoms with Crippen molar-refractivity contribution in [2.45, 2.75) is 19.8 Å². The number of ether oxygens (including phenoxy) is 2. The second-order valence-electron chi connectivity index (χ2n) is 9.81. The average Bonchev–Trinajstić information content (AvgIpc) is 2.89. The van der Waals surface area contributed by atoms with Crippen molar-refractivity contribution in [2.75, 3.05) is 78.0 Å². The van der Waals surface area contributed by atoms with E-state index in [2.05, 4.69) is 53.2 Å². The van der Waals surface area contributed by atoms with E-state index < -0.39 is 0 Å². The van der Waals surface area contributed by atoms with Gasteiger partial charge in [0.1, 0.15) is 24.5 Å². The Balaban J connectivity index is 1.50. The molecule has 0 saturated carbocycles. The van der Waals surface area contributed by atoms with Crippen LogP contribution < -0.4 is 18.9 Å². The molecule has 0 radical (unpaired) electrons. The Morgan fingerprint density at radius 3 is 2.35 bits per heavy atom. The fourth-order valence-electron chi connectivity index (χ4n) is 5.64. The summed E-state index contributed by atoms with van der Waals surface area (Å²) < 4.78 is 12.8. The summed E-state index contributed by atoms with van der Waals surface area (Å²) in [4.78, 5) is 18.4. The number of piperazine rings is 2. The van der Waals surface area contributed by atoms with Gasteiger partial charge in [-0.1, -0.05) is 0 Å². The number of fused-ring (bicyclic) bond motifs is 1. The van der Waals surface area contributed by atoms with E-state index in [9.17, 15) is 4.79 Å². The number of benzene rings is 2. The minimum atomic E-state index is 0.167. The van der Waals surface area contributed by atoms with Crippen LogP contribution in [-0.2, 0) is 11.2 Å². The molecule has 0 spiro atoms. The van der Waals surface area contributed by atoms with E-state index in [1.807, 2.05) is 4.90 Å². The highest BCUT2D eigenvalue weighted by atomic mass is 16.5. The van der Waals surface area contributed by atoms with Gasteiger partial charge in [0.2, 0.25) is 5.91 Å². The number of carbonyl (C=O) groups is 1. The SMILES string of the molecule is COc1cc2c(c([N+]3(c4ccc(N5CCN(C(C)=O)CC5)cc4)CCN(C)CC3)c1)OCCC2. The number of aryl methyl sites for hydroxylation is 1. The van der Waals surface area contributed by atoms with E-state index in [1.165, 1.54) is 22.6 Å². The maximum atomic E-state index is 11.7. The van der Waals surface area contributed by atoms with E-state index in [4.69, 9.17) is 9.47 Å². The van der Waals surface area contributed by atoms with E-state index in [0.717, 1.165) is 87.8 Å². The van der Waals surface area contributed by atoms with Crippen LogP contribution in [0.2, 0.25) is 0 Å². The smallest absolute Gasteiger partial charge is 0.219 e. The molecule has 1 amide bonds. The molecule has 5 rings (SSSR count). The quantitative estimate of drug-likeness (QED) is 0.649. The van der Waals surface area contributed by atoms with Crippen molar-refractivity contribution >= 4 is 23.0 Å². The van der Waals surface area contributed by atoms with Gasteiger partial charge < -0.3 is 19.3 Å². The third kappa shape index (κ3) is 4.23. The number of anilines is 1. The van der Waals surface area contributed by atoms with Crippen LogP contribution in [0.4, 0.5) is 17.1 Å². The molecule has 7 heteroatoms. The average molecular weight is 466 g/mol. The molecule has 3 aliphatic rings. The number of nitrogens with zero attached hydrogens (tertiary/aromatic N) is 4. The van der Waals surface area contributed by atoms with Crippen molar-refractivity contribution in [3.63, 3.8) is 0 Å². The number of quaternary nitrogens is 1. The number of rotatable bonds is 4. The Hall–Kier alpha value is -2.77. The van der Waals surface area contributed by atoms with Crippen molar-refractivity contribution in [1.29, 1.82) is 0 Å². The minimum Gasteiger partial charge on any atom is -0.497 e. The monoisotopic (exact) mass is 465 g/mol. The first-order valence-electron chi connectivity index (χ1n) is 12.5. The van der Waals surface area contributed by atoms with Gasteiger partial charge in [-0.15, -0.1) is 0 Å². The molecular weight excluding hydrogens is 428 g/mol. The number of likely N-dealkylation sites (N-methyl/N-ethyl adjacent to an activating group) is 1. The molecule has 3 aliphatic heterocycles. The van der Waals surface area contributed by atoms with E-state index in [0.29, 0.717) is 0 Å². The molecule has 0 unspecified atom stereocenters. The number of methoxy groups -OCH3 is 1. The van der Waals surface area contributed by atoms with Crippen molar-refractivity contribution in [1.82, 2.24) is 14.3 Å². The van der Waals surface area contributed by atoms with Crippen LogP contribution in [0.5, 0.6) is 11.5 Å². The Labute approximate surface area is 203 Å². The highest BCUT2D eigenvalue weighted by Crippen LogP contribution is 2.47. The first-order valence-corrected chi connectivity index (χ1v) is 12.5. The summed E-state index contributed by atoms with van der Waals surface area (Å²) in [5.74, 6) is 2.14. The standard InChI is InChI=1S/C27H37N4O3/c1-21(32)29-10-12-30(13-11-29)23-6-8-24(9-7-23)31(16-14-28(2)15-17-31)26-20-25(33-3)19-22-5-4-18-34-27(22)26/h6-9,19-20H,4-5,10-18H2,1-3H3/q+1. The fourth-order valence-corrected chi connectivity index (χ4v) is 5.64. The molecule has 0 aromatic heterocycles. The second kappa shape index (κ2) is 9.47. The van der Waals surface area contributed by atoms with Gasteiger partial charge in [0.05, 0.1) is 13.7 Å². The number of carbonyl (C=O) groups excluding carboxylic acids is 1. The lowest BCUT2D eigenvalue weighted by atomic mass is 10.0. The van der Waals surface area contributed by atoms with Gasteiger partial charge in [-0.2, -0.15) is 0 Å². The van der Waals surface area contributed by atoms with Gasteiger partial charge in [0, 0.05) is 75.6 Å². The van der Waals surface area contributed by atoms with E-state index in [-0.39, 0.29) is 5.91 Å². The van der Waals surface area contributed by atoms with Crippen LogP contribution in [0.3, 0.4) is 0 Å². The summed E-state index contributed by atoms with van der Waals surface area (Å²) in [6, 6.07) is 13.5. The molecule has 3 heterocycles. The van der Waals surface area contributed by atoms with Gasteiger partial charge in [-0.25, -0.2) is 0 Å². The summed E-state index contributed by atoms with van der Waals surface area (Å²) in [5.41, 5.74) is 5.01. The number of hydrogen-bond donors (Lipinski definition) is 0. The van der Waals surface area contributed by atoms with Gasteiger partial charge in [0.15, 0.2) is 11.4 Å². The molecule has 0 atom stereocenters. The van der Waals surface area contributed by atoms with Crippen molar-refractivity contribution in [3.05, 3.63) is 42.0 Å². The molecule has 2 aromatic rings. The first kappa shape index (κ1) is 23.0. The normalized spacial score (nSPS) is 20.4. The Morgan fingerprint density at radius 1 is 1.00 bits per heavy atom. The third-order valence-corrected chi connectivity index (χ3v) is 7.81. The molecule has 2 fully saturated rings. The molecule has 0 aliphatic carbocycles. The lowest BCUT2D eigenvalue weighted by Crippen LogP contribution is -2.57. The summed E-state index contributed by atoms with van der Waals surface area (Å²) in [7, 11) is 3.96. The van der Waals surface area contributed by atoms with Crippen molar-refractivity contribution < 1.29 is 14.3 Å². The van der Waals surface area contributed by atoms with Gasteiger partial charge in [-0.05, 0) is 38.1 Å². The van der Waals surface area contributed by atoms with Gasteiger partial charge in [-0.3, -0.25) is 14.2 Å². The maximum Gasteiger partial charge on any atom is 0.219 e. The molecular formula is C27H37N4O3+. The van der Waals surface area contributed by atoms with E-state index in [1.54, 1.807) is 14.0 Å². The Kier molecular flexibility index (Phi) is 6.40. The molecule has 34 heavy (non-hydrogen) atoms. The summed E-state index contributed by atoms with van der Waals surface area (Å²) in [6.45, 7) is 9.81. The molecule has 7 nitrogen and oxygen atoms in total. The van der Waals surface area contributed by atoms with Crippen LogP contribution in [0.15, 0.2) is 36.4 Å². The van der Waals surface area contributed by atoms with Gasteiger partial charge in [0.25, 0.3) is 0 Å². The third-order valence-electron chi connectivity index (χ3n) is 7.81. The van der Waals surface area contributed by atoms with Crippen LogP contribution in [0.1, 0.15) is 18.9 Å². The zero-order chi connectivity index (χ0) is 23.7. The van der Waals surface area contributed by atoms with Crippen LogP contribution in [0.25, 0.3) is 0 Å².